The average Bonchev–Trinajstić information content (AvgIpc) is 3.05. The second kappa shape index (κ2) is 5.36. The van der Waals surface area contributed by atoms with Crippen LogP contribution < -0.4 is 5.32 Å². The van der Waals surface area contributed by atoms with E-state index >= 15 is 0 Å². The van der Waals surface area contributed by atoms with Crippen LogP contribution in [0.25, 0.3) is 0 Å². The van der Waals surface area contributed by atoms with E-state index < -0.39 is 12.0 Å². The van der Waals surface area contributed by atoms with Crippen LogP contribution in [0.15, 0.2) is 38.8 Å². The first-order valence-electron chi connectivity index (χ1n) is 6.41. The molecule has 0 amide bonds. The molecule has 0 bridgehead atoms. The van der Waals surface area contributed by atoms with Crippen LogP contribution in [0.2, 0.25) is 0 Å². The number of ether oxygens (including phenoxy) is 1. The van der Waals surface area contributed by atoms with Crippen LogP contribution in [0, 0.1) is 0 Å². The van der Waals surface area contributed by atoms with E-state index in [1.54, 1.807) is 30.7 Å². The number of fused-ring (bicyclic) bond motifs is 1. The summed E-state index contributed by atoms with van der Waals surface area (Å²) in [5.41, 5.74) is 1.13. The number of rotatable bonds is 3. The van der Waals surface area contributed by atoms with Crippen LogP contribution in [0.4, 0.5) is 5.95 Å². The molecule has 0 saturated carbocycles. The smallest absolute Gasteiger partial charge is 0.338 e. The molecule has 8 heteroatoms. The van der Waals surface area contributed by atoms with E-state index in [0.717, 1.165) is 0 Å². The van der Waals surface area contributed by atoms with E-state index in [0.29, 0.717) is 34.3 Å². The zero-order valence-corrected chi connectivity index (χ0v) is 13.0. The van der Waals surface area contributed by atoms with Gasteiger partial charge >= 0.3 is 5.97 Å². The minimum atomic E-state index is -0.505. The number of allylic oxidation sites excluding steroid dienone is 1. The number of carbonyl (C=O) groups excluding carboxylic acids is 1. The fraction of sp³-hybridized carbons (Fsp3) is 0.308. The van der Waals surface area contributed by atoms with Crippen molar-refractivity contribution in [3.05, 3.63) is 40.2 Å². The summed E-state index contributed by atoms with van der Waals surface area (Å²) in [7, 11) is 0. The van der Waals surface area contributed by atoms with E-state index in [9.17, 15) is 4.79 Å². The summed E-state index contributed by atoms with van der Waals surface area (Å²) in [6.07, 6.45) is 1.43. The minimum Gasteiger partial charge on any atom is -0.463 e. The molecule has 7 nitrogen and oxygen atoms in total. The van der Waals surface area contributed by atoms with Crippen molar-refractivity contribution in [3.63, 3.8) is 0 Å². The highest BCUT2D eigenvalue weighted by molar-refractivity contribution is 9.10. The van der Waals surface area contributed by atoms with Gasteiger partial charge in [0, 0.05) is 5.70 Å². The molecule has 3 heterocycles. The molecule has 2 aromatic heterocycles. The van der Waals surface area contributed by atoms with Crippen LogP contribution in [0.5, 0.6) is 0 Å². The molecule has 0 aliphatic carbocycles. The van der Waals surface area contributed by atoms with Crippen molar-refractivity contribution in [2.45, 2.75) is 19.9 Å². The molecule has 0 spiro atoms. The molecular weight excluding hydrogens is 340 g/mol. The Kier molecular flexibility index (Phi) is 3.54. The molecule has 0 saturated heterocycles. The number of halogens is 1. The van der Waals surface area contributed by atoms with Gasteiger partial charge in [0.1, 0.15) is 18.1 Å². The SMILES string of the molecule is CCOC(=O)C1=C(C)Nc2ncnn2C1c1ccc(Br)o1. The highest BCUT2D eigenvalue weighted by Crippen LogP contribution is 2.36. The number of furan rings is 1. The van der Waals surface area contributed by atoms with Gasteiger partial charge in [-0.05, 0) is 41.9 Å². The van der Waals surface area contributed by atoms with Gasteiger partial charge in [0.2, 0.25) is 5.95 Å². The lowest BCUT2D eigenvalue weighted by Gasteiger charge is -2.26. The third-order valence-electron chi connectivity index (χ3n) is 3.15. The van der Waals surface area contributed by atoms with Gasteiger partial charge in [-0.15, -0.1) is 0 Å². The molecule has 1 unspecified atom stereocenters. The monoisotopic (exact) mass is 352 g/mol. The quantitative estimate of drug-likeness (QED) is 0.854. The van der Waals surface area contributed by atoms with Crippen molar-refractivity contribution in [1.29, 1.82) is 0 Å². The number of aromatic nitrogens is 3. The number of anilines is 1. The maximum absolute atomic E-state index is 12.3. The largest absolute Gasteiger partial charge is 0.463 e. The summed E-state index contributed by atoms with van der Waals surface area (Å²) in [6, 6.07) is 3.05. The predicted molar refractivity (Wildman–Crippen MR) is 77.5 cm³/mol. The molecule has 0 aromatic carbocycles. The normalized spacial score (nSPS) is 17.4. The number of nitrogens with zero attached hydrogens (tertiary/aromatic N) is 3. The number of nitrogens with one attached hydrogen (secondary N) is 1. The summed E-state index contributed by atoms with van der Waals surface area (Å²) in [6.45, 7) is 3.87. The van der Waals surface area contributed by atoms with Crippen molar-refractivity contribution < 1.29 is 13.9 Å². The Morgan fingerprint density at radius 2 is 2.38 bits per heavy atom. The average molecular weight is 353 g/mol. The topological polar surface area (TPSA) is 82.2 Å². The maximum Gasteiger partial charge on any atom is 0.338 e. The molecule has 1 N–H and O–H groups in total. The van der Waals surface area contributed by atoms with Crippen molar-refractivity contribution in [2.75, 3.05) is 11.9 Å². The van der Waals surface area contributed by atoms with Gasteiger partial charge in [-0.1, -0.05) is 0 Å². The Hall–Kier alpha value is -2.09. The van der Waals surface area contributed by atoms with Crippen molar-refractivity contribution in [1.82, 2.24) is 14.8 Å². The van der Waals surface area contributed by atoms with Crippen molar-refractivity contribution in [2.24, 2.45) is 0 Å². The zero-order chi connectivity index (χ0) is 15.0. The molecule has 0 fully saturated rings. The molecule has 3 rings (SSSR count). The standard InChI is InChI=1S/C13H13BrN4O3/c1-3-20-12(19)10-7(2)17-13-15-6-16-18(13)11(10)8-4-5-9(14)21-8/h4-6,11H,3H2,1-2H3,(H,15,16,17). The summed E-state index contributed by atoms with van der Waals surface area (Å²) in [4.78, 5) is 16.4. The summed E-state index contributed by atoms with van der Waals surface area (Å²) in [5, 5.41) is 7.23. The Labute approximate surface area is 129 Å². The van der Waals surface area contributed by atoms with E-state index in [4.69, 9.17) is 9.15 Å². The first kappa shape index (κ1) is 13.9. The highest BCUT2D eigenvalue weighted by Gasteiger charge is 2.36. The van der Waals surface area contributed by atoms with Gasteiger partial charge in [0.25, 0.3) is 0 Å². The van der Waals surface area contributed by atoms with Gasteiger partial charge in [-0.3, -0.25) is 0 Å². The van der Waals surface area contributed by atoms with Crippen molar-refractivity contribution in [3.8, 4) is 0 Å². The van der Waals surface area contributed by atoms with Crippen molar-refractivity contribution >= 4 is 27.8 Å². The molecule has 1 aliphatic rings. The second-order valence-corrected chi connectivity index (χ2v) is 5.24. The number of hydrogen-bond acceptors (Lipinski definition) is 6. The van der Waals surface area contributed by atoms with Gasteiger partial charge in [-0.2, -0.15) is 10.1 Å². The lowest BCUT2D eigenvalue weighted by Crippen LogP contribution is -2.29. The summed E-state index contributed by atoms with van der Waals surface area (Å²) in [5.74, 6) is 0.733. The predicted octanol–water partition coefficient (Wildman–Crippen LogP) is 2.49. The Balaban J connectivity index is 2.13. The lowest BCUT2D eigenvalue weighted by atomic mass is 10.0. The Morgan fingerprint density at radius 3 is 3.05 bits per heavy atom. The third-order valence-corrected chi connectivity index (χ3v) is 3.58. The van der Waals surface area contributed by atoms with Crippen LogP contribution >= 0.6 is 15.9 Å². The lowest BCUT2D eigenvalue weighted by molar-refractivity contribution is -0.139. The van der Waals surface area contributed by atoms with Gasteiger partial charge < -0.3 is 14.5 Å². The van der Waals surface area contributed by atoms with E-state index in [2.05, 4.69) is 31.3 Å². The molecule has 1 aliphatic heterocycles. The van der Waals surface area contributed by atoms with Crippen LogP contribution in [-0.2, 0) is 9.53 Å². The molecule has 110 valence electrons. The molecule has 21 heavy (non-hydrogen) atoms. The highest BCUT2D eigenvalue weighted by atomic mass is 79.9. The Bertz CT molecular complexity index is 719. The van der Waals surface area contributed by atoms with Crippen LogP contribution in [0.3, 0.4) is 0 Å². The maximum atomic E-state index is 12.3. The van der Waals surface area contributed by atoms with Crippen LogP contribution in [-0.4, -0.2) is 27.3 Å². The zero-order valence-electron chi connectivity index (χ0n) is 11.5. The molecule has 1 atom stereocenters. The molecule has 0 radical (unpaired) electrons. The number of esters is 1. The van der Waals surface area contributed by atoms with E-state index in [1.807, 2.05) is 0 Å². The second-order valence-electron chi connectivity index (χ2n) is 4.46. The Morgan fingerprint density at radius 1 is 1.57 bits per heavy atom. The van der Waals surface area contributed by atoms with Crippen LogP contribution in [0.1, 0.15) is 25.6 Å². The summed E-state index contributed by atoms with van der Waals surface area (Å²) >= 11 is 3.27. The van der Waals surface area contributed by atoms with Gasteiger partial charge in [-0.25, -0.2) is 9.48 Å². The number of carbonyl (C=O) groups is 1. The fourth-order valence-electron chi connectivity index (χ4n) is 2.30. The summed E-state index contributed by atoms with van der Waals surface area (Å²) < 4.78 is 12.9. The van der Waals surface area contributed by atoms with Gasteiger partial charge in [0.05, 0.1) is 12.2 Å². The van der Waals surface area contributed by atoms with E-state index in [-0.39, 0.29) is 0 Å². The molecular formula is C13H13BrN4O3. The fourth-order valence-corrected chi connectivity index (χ4v) is 2.62. The number of hydrogen-bond donors (Lipinski definition) is 1. The first-order chi connectivity index (χ1) is 10.1. The minimum absolute atomic E-state index is 0.300. The van der Waals surface area contributed by atoms with E-state index in [1.165, 1.54) is 6.33 Å². The van der Waals surface area contributed by atoms with Gasteiger partial charge in [0.15, 0.2) is 4.67 Å². The molecule has 2 aromatic rings. The third kappa shape index (κ3) is 2.35. The first-order valence-corrected chi connectivity index (χ1v) is 7.20.